The molecule has 1 radical (unpaired) electrons. The van der Waals surface area contributed by atoms with Crippen LogP contribution in [0.5, 0.6) is 5.75 Å². The second-order valence-corrected chi connectivity index (χ2v) is 2.97. The second kappa shape index (κ2) is 4.80. The van der Waals surface area contributed by atoms with Crippen LogP contribution in [0.15, 0.2) is 30.9 Å². The zero-order chi connectivity index (χ0) is 10.6. The molecule has 0 unspecified atom stereocenters. The summed E-state index contributed by atoms with van der Waals surface area (Å²) in [5, 5.41) is 0. The van der Waals surface area contributed by atoms with Crippen molar-refractivity contribution in [3.05, 3.63) is 48.2 Å². The van der Waals surface area contributed by atoms with Crippen LogP contribution in [0, 0.1) is 11.7 Å². The third-order valence-electron chi connectivity index (χ3n) is 1.99. The van der Waals surface area contributed by atoms with Crippen LogP contribution in [0.2, 0.25) is 0 Å². The molecule has 0 saturated carbocycles. The van der Waals surface area contributed by atoms with E-state index in [2.05, 4.69) is 6.58 Å². The van der Waals surface area contributed by atoms with Crippen LogP contribution in [-0.2, 0) is 0 Å². The van der Waals surface area contributed by atoms with Gasteiger partial charge in [-0.1, -0.05) is 19.1 Å². The normalized spacial score (nSPS) is 10.3. The summed E-state index contributed by atoms with van der Waals surface area (Å²) in [6.07, 6.45) is 1.74. The molecule has 0 aliphatic heterocycles. The second-order valence-electron chi connectivity index (χ2n) is 2.97. The van der Waals surface area contributed by atoms with Crippen LogP contribution in [0.25, 0.3) is 0 Å². The highest BCUT2D eigenvalue weighted by Gasteiger charge is 2.07. The van der Waals surface area contributed by atoms with E-state index in [1.54, 1.807) is 18.2 Å². The third-order valence-corrected chi connectivity index (χ3v) is 1.99. The van der Waals surface area contributed by atoms with E-state index in [0.717, 1.165) is 11.5 Å². The molecule has 1 nitrogen and oxygen atoms in total. The van der Waals surface area contributed by atoms with E-state index < -0.39 is 0 Å². The minimum atomic E-state index is -0.326. The van der Waals surface area contributed by atoms with Crippen LogP contribution >= 0.6 is 0 Å². The molecule has 1 aromatic rings. The molecule has 14 heavy (non-hydrogen) atoms. The quantitative estimate of drug-likeness (QED) is 0.712. The summed E-state index contributed by atoms with van der Waals surface area (Å²) in [5.41, 5.74) is 0.935. The van der Waals surface area contributed by atoms with Crippen molar-refractivity contribution < 1.29 is 9.13 Å². The van der Waals surface area contributed by atoms with E-state index in [-0.39, 0.29) is 5.82 Å². The fourth-order valence-electron chi connectivity index (χ4n) is 1.13. The van der Waals surface area contributed by atoms with Gasteiger partial charge in [0.25, 0.3) is 0 Å². The minimum Gasteiger partial charge on any atom is -0.491 e. The Morgan fingerprint density at radius 2 is 2.29 bits per heavy atom. The van der Waals surface area contributed by atoms with E-state index in [0.29, 0.717) is 12.4 Å². The molecule has 0 aromatic heterocycles. The summed E-state index contributed by atoms with van der Waals surface area (Å²) in [5.74, 6) is 0.976. The molecule has 0 bridgehead atoms. The Hall–Kier alpha value is -1.31. The number of halogens is 1. The van der Waals surface area contributed by atoms with Crippen molar-refractivity contribution in [2.45, 2.75) is 13.8 Å². The molecule has 0 saturated heterocycles. The standard InChI is InChI=1S/C12H14FO/c1-4-9(3)10-6-7-11(13)12(8-10)14-5-2/h4,6-8H,1,5H2,2-3H3. The first-order valence-corrected chi connectivity index (χ1v) is 4.57. The maximum Gasteiger partial charge on any atom is 0.165 e. The van der Waals surface area contributed by atoms with Crippen LogP contribution < -0.4 is 4.74 Å². The van der Waals surface area contributed by atoms with E-state index in [9.17, 15) is 4.39 Å². The fraction of sp³-hybridized carbons (Fsp3) is 0.250. The van der Waals surface area contributed by atoms with Crippen LogP contribution in [0.1, 0.15) is 19.4 Å². The van der Waals surface area contributed by atoms with Crippen LogP contribution in [0.3, 0.4) is 0 Å². The van der Waals surface area contributed by atoms with Gasteiger partial charge in [-0.2, -0.15) is 0 Å². The molecule has 0 spiro atoms. The van der Waals surface area contributed by atoms with E-state index in [1.165, 1.54) is 6.07 Å². The molecule has 0 fully saturated rings. The van der Waals surface area contributed by atoms with Gasteiger partial charge in [-0.25, -0.2) is 4.39 Å². The van der Waals surface area contributed by atoms with Crippen molar-refractivity contribution in [1.29, 1.82) is 0 Å². The summed E-state index contributed by atoms with van der Waals surface area (Å²) < 4.78 is 18.3. The van der Waals surface area contributed by atoms with Crippen molar-refractivity contribution in [2.24, 2.45) is 0 Å². The Bertz CT molecular complexity index is 320. The first-order valence-electron chi connectivity index (χ1n) is 4.57. The monoisotopic (exact) mass is 193 g/mol. The maximum absolute atomic E-state index is 13.2. The van der Waals surface area contributed by atoms with Crippen LogP contribution in [0.4, 0.5) is 4.39 Å². The van der Waals surface area contributed by atoms with Crippen molar-refractivity contribution in [1.82, 2.24) is 0 Å². The number of ether oxygens (including phenoxy) is 1. The molecule has 0 atom stereocenters. The topological polar surface area (TPSA) is 9.23 Å². The van der Waals surface area contributed by atoms with Crippen LogP contribution in [-0.4, -0.2) is 6.61 Å². The SMILES string of the molecule is C=C[C](C)c1ccc(F)c(OCC)c1. The van der Waals surface area contributed by atoms with Gasteiger partial charge in [0, 0.05) is 5.92 Å². The smallest absolute Gasteiger partial charge is 0.165 e. The fourth-order valence-corrected chi connectivity index (χ4v) is 1.13. The van der Waals surface area contributed by atoms with Gasteiger partial charge in [-0.05, 0) is 24.6 Å². The maximum atomic E-state index is 13.2. The van der Waals surface area contributed by atoms with Gasteiger partial charge in [-0.15, -0.1) is 6.58 Å². The lowest BCUT2D eigenvalue weighted by Crippen LogP contribution is -1.97. The lowest BCUT2D eigenvalue weighted by atomic mass is 10.0. The molecular formula is C12H14FO. The minimum absolute atomic E-state index is 0.297. The first kappa shape index (κ1) is 10.8. The molecule has 0 amide bonds. The number of hydrogen-bond donors (Lipinski definition) is 0. The number of benzene rings is 1. The lowest BCUT2D eigenvalue weighted by molar-refractivity contribution is 0.321. The van der Waals surface area contributed by atoms with Gasteiger partial charge in [0.05, 0.1) is 6.61 Å². The number of rotatable bonds is 4. The summed E-state index contributed by atoms with van der Waals surface area (Å²) in [6, 6.07) is 4.82. The van der Waals surface area contributed by atoms with Gasteiger partial charge in [0.1, 0.15) is 0 Å². The molecule has 0 N–H and O–H groups in total. The highest BCUT2D eigenvalue weighted by atomic mass is 19.1. The number of allylic oxidation sites excluding steroid dienone is 1. The lowest BCUT2D eigenvalue weighted by Gasteiger charge is -2.09. The molecule has 0 aliphatic rings. The van der Waals surface area contributed by atoms with E-state index >= 15 is 0 Å². The van der Waals surface area contributed by atoms with Gasteiger partial charge in [0.15, 0.2) is 11.6 Å². The largest absolute Gasteiger partial charge is 0.491 e. The summed E-state index contributed by atoms with van der Waals surface area (Å²) in [4.78, 5) is 0. The Kier molecular flexibility index (Phi) is 3.69. The zero-order valence-electron chi connectivity index (χ0n) is 8.51. The summed E-state index contributed by atoms with van der Waals surface area (Å²) in [6.45, 7) is 7.89. The van der Waals surface area contributed by atoms with Gasteiger partial charge in [-0.3, -0.25) is 0 Å². The third kappa shape index (κ3) is 2.34. The Morgan fingerprint density at radius 3 is 2.86 bits per heavy atom. The Morgan fingerprint density at radius 1 is 1.57 bits per heavy atom. The predicted octanol–water partition coefficient (Wildman–Crippen LogP) is 3.35. The van der Waals surface area contributed by atoms with Crippen molar-refractivity contribution in [3.63, 3.8) is 0 Å². The summed E-state index contributed by atoms with van der Waals surface area (Å²) >= 11 is 0. The number of hydrogen-bond acceptors (Lipinski definition) is 1. The Balaban J connectivity index is 2.99. The van der Waals surface area contributed by atoms with E-state index in [1.807, 2.05) is 13.8 Å². The molecule has 0 aliphatic carbocycles. The van der Waals surface area contributed by atoms with Crippen molar-refractivity contribution >= 4 is 0 Å². The molecular weight excluding hydrogens is 179 g/mol. The van der Waals surface area contributed by atoms with Crippen molar-refractivity contribution in [2.75, 3.05) is 6.61 Å². The molecule has 75 valence electrons. The molecule has 1 aromatic carbocycles. The van der Waals surface area contributed by atoms with Gasteiger partial charge in [0.2, 0.25) is 0 Å². The molecule has 1 rings (SSSR count). The Labute approximate surface area is 84.2 Å². The highest BCUT2D eigenvalue weighted by Crippen LogP contribution is 2.23. The average Bonchev–Trinajstić information content (AvgIpc) is 2.20. The average molecular weight is 193 g/mol. The first-order chi connectivity index (χ1) is 6.69. The van der Waals surface area contributed by atoms with Gasteiger partial charge < -0.3 is 4.74 Å². The van der Waals surface area contributed by atoms with Crippen molar-refractivity contribution in [3.8, 4) is 5.75 Å². The predicted molar refractivity (Wildman–Crippen MR) is 55.8 cm³/mol. The summed E-state index contributed by atoms with van der Waals surface area (Å²) in [7, 11) is 0. The van der Waals surface area contributed by atoms with Gasteiger partial charge >= 0.3 is 0 Å². The molecule has 0 heterocycles. The van der Waals surface area contributed by atoms with E-state index in [4.69, 9.17) is 4.74 Å². The zero-order valence-corrected chi connectivity index (χ0v) is 8.51. The molecule has 2 heteroatoms. The highest BCUT2D eigenvalue weighted by molar-refractivity contribution is 5.40.